The molecule has 1 aliphatic heterocycles. The highest BCUT2D eigenvalue weighted by Gasteiger charge is 2.18. The van der Waals surface area contributed by atoms with Crippen molar-refractivity contribution in [3.63, 3.8) is 0 Å². The number of aryl methyl sites for hydroxylation is 1. The number of benzene rings is 1. The topological polar surface area (TPSA) is 47.5 Å². The van der Waals surface area contributed by atoms with Gasteiger partial charge in [-0.2, -0.15) is 0 Å². The summed E-state index contributed by atoms with van der Waals surface area (Å²) in [6, 6.07) is 4.06. The van der Waals surface area contributed by atoms with E-state index in [0.29, 0.717) is 24.1 Å². The number of fused-ring (bicyclic) bond motifs is 1. The molecule has 0 unspecified atom stereocenters. The van der Waals surface area contributed by atoms with Crippen molar-refractivity contribution >= 4 is 11.6 Å². The fraction of sp³-hybridized carbons (Fsp3) is 0.375. The molecular formula is C16H18ClN3O2. The van der Waals surface area contributed by atoms with Crippen LogP contribution >= 0.6 is 11.6 Å². The fourth-order valence-electron chi connectivity index (χ4n) is 2.57. The Morgan fingerprint density at radius 2 is 2.18 bits per heavy atom. The van der Waals surface area contributed by atoms with E-state index in [1.807, 2.05) is 13.0 Å². The zero-order valence-corrected chi connectivity index (χ0v) is 13.4. The van der Waals surface area contributed by atoms with Gasteiger partial charge in [0, 0.05) is 25.2 Å². The van der Waals surface area contributed by atoms with Crippen LogP contribution in [0.1, 0.15) is 16.8 Å². The maximum Gasteiger partial charge on any atom is 0.231 e. The van der Waals surface area contributed by atoms with E-state index < -0.39 is 0 Å². The Bertz CT molecular complexity index is 661. The summed E-state index contributed by atoms with van der Waals surface area (Å²) in [5.74, 6) is 1.33. The van der Waals surface area contributed by atoms with Crippen molar-refractivity contribution in [3.05, 3.63) is 46.4 Å². The molecule has 0 saturated carbocycles. The van der Waals surface area contributed by atoms with Crippen LogP contribution in [-0.4, -0.2) is 35.1 Å². The number of hydrogen-bond donors (Lipinski definition) is 0. The van der Waals surface area contributed by atoms with E-state index in [4.69, 9.17) is 21.1 Å². The molecular weight excluding hydrogens is 302 g/mol. The molecule has 0 fully saturated rings. The van der Waals surface area contributed by atoms with Crippen molar-refractivity contribution in [2.24, 2.45) is 0 Å². The highest BCUT2D eigenvalue weighted by molar-refractivity contribution is 6.32. The molecule has 0 saturated heterocycles. The van der Waals surface area contributed by atoms with E-state index in [9.17, 15) is 0 Å². The van der Waals surface area contributed by atoms with Crippen molar-refractivity contribution in [1.29, 1.82) is 0 Å². The molecule has 0 bridgehead atoms. The lowest BCUT2D eigenvalue weighted by molar-refractivity contribution is 0.217. The van der Waals surface area contributed by atoms with Gasteiger partial charge in [-0.15, -0.1) is 0 Å². The third-order valence-electron chi connectivity index (χ3n) is 3.59. The summed E-state index contributed by atoms with van der Waals surface area (Å²) < 4.78 is 10.8. The first kappa shape index (κ1) is 15.1. The smallest absolute Gasteiger partial charge is 0.231 e. The summed E-state index contributed by atoms with van der Waals surface area (Å²) >= 11 is 6.28. The molecule has 0 spiro atoms. The van der Waals surface area contributed by atoms with Crippen LogP contribution in [0.15, 0.2) is 24.5 Å². The van der Waals surface area contributed by atoms with E-state index >= 15 is 0 Å². The lowest BCUT2D eigenvalue weighted by Crippen LogP contribution is -2.25. The van der Waals surface area contributed by atoms with Crippen molar-refractivity contribution in [2.75, 3.05) is 20.3 Å². The second-order valence-electron chi connectivity index (χ2n) is 5.34. The number of aromatic nitrogens is 2. The summed E-state index contributed by atoms with van der Waals surface area (Å²) in [5, 5.41) is 0.682. The first-order valence-corrected chi connectivity index (χ1v) is 7.52. The summed E-state index contributed by atoms with van der Waals surface area (Å²) in [6.45, 7) is 4.96. The van der Waals surface area contributed by atoms with Gasteiger partial charge in [0.1, 0.15) is 12.4 Å². The molecule has 3 rings (SSSR count). The van der Waals surface area contributed by atoms with E-state index in [2.05, 4.69) is 20.9 Å². The van der Waals surface area contributed by atoms with Crippen molar-refractivity contribution in [2.45, 2.75) is 20.0 Å². The number of ether oxygens (including phenoxy) is 2. The lowest BCUT2D eigenvalue weighted by Gasteiger charge is -2.18. The molecule has 6 heteroatoms. The average molecular weight is 320 g/mol. The SMILES string of the molecule is COc1cnc(CN2CCOc3c(Cl)cc(C)cc3C2)cn1. The monoisotopic (exact) mass is 319 g/mol. The molecule has 1 aromatic carbocycles. The molecule has 0 radical (unpaired) electrons. The van der Waals surface area contributed by atoms with Gasteiger partial charge in [-0.3, -0.25) is 9.88 Å². The minimum atomic E-state index is 0.524. The van der Waals surface area contributed by atoms with Crippen molar-refractivity contribution in [1.82, 2.24) is 14.9 Å². The van der Waals surface area contributed by atoms with Gasteiger partial charge in [-0.25, -0.2) is 4.98 Å². The Kier molecular flexibility index (Phi) is 4.45. The first-order chi connectivity index (χ1) is 10.7. The highest BCUT2D eigenvalue weighted by atomic mass is 35.5. The number of nitrogens with zero attached hydrogens (tertiary/aromatic N) is 3. The maximum absolute atomic E-state index is 6.28. The largest absolute Gasteiger partial charge is 0.490 e. The van der Waals surface area contributed by atoms with Crippen LogP contribution in [0.4, 0.5) is 0 Å². The molecule has 2 aromatic rings. The highest BCUT2D eigenvalue weighted by Crippen LogP contribution is 2.33. The molecule has 1 aliphatic rings. The van der Waals surface area contributed by atoms with Crippen LogP contribution in [0.3, 0.4) is 0 Å². The van der Waals surface area contributed by atoms with Gasteiger partial charge in [-0.1, -0.05) is 17.7 Å². The lowest BCUT2D eigenvalue weighted by atomic mass is 10.1. The predicted molar refractivity (Wildman–Crippen MR) is 84.4 cm³/mol. The second kappa shape index (κ2) is 6.50. The van der Waals surface area contributed by atoms with Crippen LogP contribution in [0.25, 0.3) is 0 Å². The zero-order valence-electron chi connectivity index (χ0n) is 12.7. The third-order valence-corrected chi connectivity index (χ3v) is 3.87. The van der Waals surface area contributed by atoms with Crippen LogP contribution < -0.4 is 9.47 Å². The quantitative estimate of drug-likeness (QED) is 0.870. The van der Waals surface area contributed by atoms with E-state index in [1.165, 1.54) is 0 Å². The molecule has 2 heterocycles. The predicted octanol–water partition coefficient (Wildman–Crippen LogP) is 2.84. The normalized spacial score (nSPS) is 14.9. The van der Waals surface area contributed by atoms with Crippen LogP contribution in [0.2, 0.25) is 5.02 Å². The number of methoxy groups -OCH3 is 1. The van der Waals surface area contributed by atoms with Crippen LogP contribution in [-0.2, 0) is 13.1 Å². The zero-order chi connectivity index (χ0) is 15.5. The molecule has 0 N–H and O–H groups in total. The van der Waals surface area contributed by atoms with Gasteiger partial charge < -0.3 is 9.47 Å². The standard InChI is InChI=1S/C16H18ClN3O2/c1-11-5-12-9-20(3-4-22-16(12)14(17)6-11)10-13-7-19-15(21-2)8-18-13/h5-8H,3-4,9-10H2,1-2H3. The summed E-state index contributed by atoms with van der Waals surface area (Å²) in [4.78, 5) is 10.8. The first-order valence-electron chi connectivity index (χ1n) is 7.15. The molecule has 1 aromatic heterocycles. The van der Waals surface area contributed by atoms with Crippen LogP contribution in [0.5, 0.6) is 11.6 Å². The summed E-state index contributed by atoms with van der Waals surface area (Å²) in [5.41, 5.74) is 3.16. The number of rotatable bonds is 3. The number of halogens is 1. The average Bonchev–Trinajstić information content (AvgIpc) is 2.70. The number of hydrogen-bond acceptors (Lipinski definition) is 5. The van der Waals surface area contributed by atoms with Crippen LogP contribution in [0, 0.1) is 6.92 Å². The minimum Gasteiger partial charge on any atom is -0.490 e. The van der Waals surface area contributed by atoms with Gasteiger partial charge in [0.25, 0.3) is 0 Å². The Balaban J connectivity index is 1.77. The van der Waals surface area contributed by atoms with E-state index in [1.54, 1.807) is 19.5 Å². The molecule has 0 amide bonds. The summed E-state index contributed by atoms with van der Waals surface area (Å²) in [6.07, 6.45) is 3.38. The van der Waals surface area contributed by atoms with E-state index in [-0.39, 0.29) is 0 Å². The fourth-order valence-corrected chi connectivity index (χ4v) is 2.92. The molecule has 22 heavy (non-hydrogen) atoms. The van der Waals surface area contributed by atoms with Gasteiger partial charge in [0.05, 0.1) is 30.2 Å². The Morgan fingerprint density at radius 3 is 2.91 bits per heavy atom. The van der Waals surface area contributed by atoms with Gasteiger partial charge >= 0.3 is 0 Å². The molecule has 116 valence electrons. The van der Waals surface area contributed by atoms with E-state index in [0.717, 1.165) is 35.7 Å². The van der Waals surface area contributed by atoms with Crippen molar-refractivity contribution in [3.8, 4) is 11.6 Å². The molecule has 5 nitrogen and oxygen atoms in total. The third kappa shape index (κ3) is 3.31. The Morgan fingerprint density at radius 1 is 1.32 bits per heavy atom. The Hall–Kier alpha value is -1.85. The molecule has 0 atom stereocenters. The molecule has 0 aliphatic carbocycles. The summed E-state index contributed by atoms with van der Waals surface area (Å²) in [7, 11) is 1.58. The maximum atomic E-state index is 6.28. The van der Waals surface area contributed by atoms with Gasteiger partial charge in [0.2, 0.25) is 5.88 Å². The van der Waals surface area contributed by atoms with Gasteiger partial charge in [-0.05, 0) is 18.6 Å². The Labute approximate surface area is 134 Å². The minimum absolute atomic E-state index is 0.524. The van der Waals surface area contributed by atoms with Gasteiger partial charge in [0.15, 0.2) is 0 Å². The van der Waals surface area contributed by atoms with Crippen molar-refractivity contribution < 1.29 is 9.47 Å². The second-order valence-corrected chi connectivity index (χ2v) is 5.75.